The lowest BCUT2D eigenvalue weighted by Crippen LogP contribution is -2.25. The number of thioether (sulfide) groups is 1. The van der Waals surface area contributed by atoms with E-state index in [-0.39, 0.29) is 5.91 Å². The van der Waals surface area contributed by atoms with E-state index in [2.05, 4.69) is 34.0 Å². The van der Waals surface area contributed by atoms with Crippen LogP contribution in [0.15, 0.2) is 53.7 Å². The van der Waals surface area contributed by atoms with Crippen LogP contribution < -0.4 is 10.2 Å². The number of rotatable bonds is 10. The first-order valence-electron chi connectivity index (χ1n) is 10.6. The van der Waals surface area contributed by atoms with Gasteiger partial charge in [0.2, 0.25) is 0 Å². The van der Waals surface area contributed by atoms with E-state index >= 15 is 0 Å². The first-order chi connectivity index (χ1) is 15.9. The van der Waals surface area contributed by atoms with E-state index in [9.17, 15) is 4.79 Å². The molecular weight excluding hydrogens is 499 g/mol. The third-order valence-corrected chi connectivity index (χ3v) is 6.73. The van der Waals surface area contributed by atoms with Crippen LogP contribution in [0.5, 0.6) is 0 Å². The maximum absolute atomic E-state index is 12.5. The Kier molecular flexibility index (Phi) is 9.68. The number of benzene rings is 2. The first kappa shape index (κ1) is 25.6. The molecule has 0 fully saturated rings. The highest BCUT2D eigenvalue weighted by Gasteiger charge is 2.10. The van der Waals surface area contributed by atoms with E-state index in [4.69, 9.17) is 34.8 Å². The van der Waals surface area contributed by atoms with Gasteiger partial charge in [-0.05, 0) is 55.7 Å². The number of carbonyl (C=O) groups excluding carboxylic acids is 1. The lowest BCUT2D eigenvalue weighted by Gasteiger charge is -2.20. The highest BCUT2D eigenvalue weighted by molar-refractivity contribution is 7.98. The van der Waals surface area contributed by atoms with Gasteiger partial charge in [0, 0.05) is 47.1 Å². The quantitative estimate of drug-likeness (QED) is 0.185. The van der Waals surface area contributed by atoms with Crippen LogP contribution in [0, 0.1) is 0 Å². The molecule has 0 bridgehead atoms. The Bertz CT molecular complexity index is 1090. The molecule has 0 radical (unpaired) electrons. The highest BCUT2D eigenvalue weighted by atomic mass is 35.5. The van der Waals surface area contributed by atoms with Crippen molar-refractivity contribution in [2.24, 2.45) is 0 Å². The predicted molar refractivity (Wildman–Crippen MR) is 139 cm³/mol. The molecule has 0 saturated carbocycles. The van der Waals surface area contributed by atoms with Crippen LogP contribution in [0.3, 0.4) is 0 Å². The zero-order valence-corrected chi connectivity index (χ0v) is 21.5. The van der Waals surface area contributed by atoms with Gasteiger partial charge in [0.15, 0.2) is 5.16 Å². The molecule has 1 heterocycles. The molecule has 0 unspecified atom stereocenters. The smallest absolute Gasteiger partial charge is 0.251 e. The van der Waals surface area contributed by atoms with Crippen molar-refractivity contribution < 1.29 is 4.79 Å². The van der Waals surface area contributed by atoms with E-state index in [1.54, 1.807) is 18.2 Å². The van der Waals surface area contributed by atoms with Crippen molar-refractivity contribution >= 4 is 58.3 Å². The van der Waals surface area contributed by atoms with Gasteiger partial charge in [-0.2, -0.15) is 0 Å². The van der Waals surface area contributed by atoms with E-state index < -0.39 is 0 Å². The summed E-state index contributed by atoms with van der Waals surface area (Å²) < 4.78 is 0. The molecule has 0 aliphatic rings. The van der Waals surface area contributed by atoms with Gasteiger partial charge in [0.25, 0.3) is 5.91 Å². The molecule has 3 rings (SSSR count). The monoisotopic (exact) mass is 522 g/mol. The molecule has 0 atom stereocenters. The lowest BCUT2D eigenvalue weighted by molar-refractivity contribution is 0.0954. The van der Waals surface area contributed by atoms with Crippen LogP contribution in [0.4, 0.5) is 5.82 Å². The van der Waals surface area contributed by atoms with Crippen LogP contribution in [-0.4, -0.2) is 35.5 Å². The fraction of sp³-hybridized carbons (Fsp3) is 0.292. The van der Waals surface area contributed by atoms with Crippen LogP contribution in [-0.2, 0) is 12.2 Å². The van der Waals surface area contributed by atoms with Gasteiger partial charge in [-0.15, -0.1) is 0 Å². The van der Waals surface area contributed by atoms with Crippen LogP contribution >= 0.6 is 46.6 Å². The van der Waals surface area contributed by atoms with Crippen molar-refractivity contribution in [1.29, 1.82) is 0 Å². The molecule has 9 heteroatoms. The summed E-state index contributed by atoms with van der Waals surface area (Å²) in [5.74, 6) is 1.38. The summed E-state index contributed by atoms with van der Waals surface area (Å²) in [4.78, 5) is 23.5. The number of amides is 1. The zero-order chi connectivity index (χ0) is 23.8. The first-order valence-corrected chi connectivity index (χ1v) is 12.7. The molecule has 1 aromatic heterocycles. The second kappa shape index (κ2) is 12.5. The Balaban J connectivity index is 1.53. The van der Waals surface area contributed by atoms with E-state index in [0.29, 0.717) is 44.6 Å². The van der Waals surface area contributed by atoms with Crippen molar-refractivity contribution in [2.45, 2.75) is 31.2 Å². The molecule has 3 aromatic rings. The minimum atomic E-state index is -0.124. The Morgan fingerprint density at radius 1 is 1.00 bits per heavy atom. The minimum absolute atomic E-state index is 0.124. The second-order valence-electron chi connectivity index (χ2n) is 7.23. The van der Waals surface area contributed by atoms with Gasteiger partial charge in [-0.25, -0.2) is 9.97 Å². The average Bonchev–Trinajstić information content (AvgIpc) is 2.80. The van der Waals surface area contributed by atoms with E-state index in [0.717, 1.165) is 30.0 Å². The molecular formula is C24H25Cl3N4OS. The second-order valence-corrected chi connectivity index (χ2v) is 9.40. The molecule has 33 heavy (non-hydrogen) atoms. The highest BCUT2D eigenvalue weighted by Crippen LogP contribution is 2.25. The SMILES string of the molecule is CCN(CC)c1cc(Cl)nc(SCc2ccc(C(=O)NCCc3ccc(Cl)cc3Cl)cc2)n1. The summed E-state index contributed by atoms with van der Waals surface area (Å²) in [6.45, 7) is 6.35. The molecule has 5 nitrogen and oxygen atoms in total. The number of anilines is 1. The molecule has 0 aliphatic heterocycles. The normalized spacial score (nSPS) is 10.8. The van der Waals surface area contributed by atoms with Gasteiger partial charge < -0.3 is 10.2 Å². The fourth-order valence-corrected chi connectivity index (χ4v) is 4.74. The summed E-state index contributed by atoms with van der Waals surface area (Å²) in [5.41, 5.74) is 2.62. The maximum Gasteiger partial charge on any atom is 0.251 e. The molecule has 0 aliphatic carbocycles. The van der Waals surface area contributed by atoms with Gasteiger partial charge in [0.05, 0.1) is 0 Å². The minimum Gasteiger partial charge on any atom is -0.357 e. The zero-order valence-electron chi connectivity index (χ0n) is 18.4. The molecule has 174 valence electrons. The van der Waals surface area contributed by atoms with Gasteiger partial charge >= 0.3 is 0 Å². The van der Waals surface area contributed by atoms with Crippen LogP contribution in [0.25, 0.3) is 0 Å². The van der Waals surface area contributed by atoms with Crippen molar-refractivity contribution in [2.75, 3.05) is 24.5 Å². The number of nitrogens with zero attached hydrogens (tertiary/aromatic N) is 3. The Labute approximate surface area is 213 Å². The molecule has 0 saturated heterocycles. The van der Waals surface area contributed by atoms with Crippen molar-refractivity contribution in [3.8, 4) is 0 Å². The van der Waals surface area contributed by atoms with Crippen molar-refractivity contribution in [3.05, 3.63) is 80.4 Å². The number of hydrogen-bond donors (Lipinski definition) is 1. The Morgan fingerprint density at radius 2 is 1.73 bits per heavy atom. The third-order valence-electron chi connectivity index (χ3n) is 5.03. The molecule has 1 N–H and O–H groups in total. The number of aromatic nitrogens is 2. The predicted octanol–water partition coefficient (Wildman–Crippen LogP) is 6.55. The van der Waals surface area contributed by atoms with Gasteiger partial charge in [-0.1, -0.05) is 64.8 Å². The number of carbonyl (C=O) groups is 1. The van der Waals surface area contributed by atoms with E-state index in [1.807, 2.05) is 30.3 Å². The summed E-state index contributed by atoms with van der Waals surface area (Å²) in [6, 6.07) is 14.7. The van der Waals surface area contributed by atoms with Crippen molar-refractivity contribution in [3.63, 3.8) is 0 Å². The van der Waals surface area contributed by atoms with E-state index in [1.165, 1.54) is 11.8 Å². The van der Waals surface area contributed by atoms with Crippen LogP contribution in [0.2, 0.25) is 15.2 Å². The average molecular weight is 524 g/mol. The van der Waals surface area contributed by atoms with Gasteiger partial charge in [-0.3, -0.25) is 4.79 Å². The van der Waals surface area contributed by atoms with Crippen LogP contribution in [0.1, 0.15) is 35.3 Å². The summed E-state index contributed by atoms with van der Waals surface area (Å²) >= 11 is 19.8. The fourth-order valence-electron chi connectivity index (χ4n) is 3.20. The molecule has 2 aromatic carbocycles. The summed E-state index contributed by atoms with van der Waals surface area (Å²) in [6.07, 6.45) is 0.631. The number of nitrogens with one attached hydrogen (secondary N) is 1. The number of halogens is 3. The largest absolute Gasteiger partial charge is 0.357 e. The summed E-state index contributed by atoms with van der Waals surface area (Å²) in [5, 5.41) is 5.19. The standard InChI is InChI=1S/C24H25Cl3N4OS/c1-3-31(4-2)22-14-21(27)29-24(30-22)33-15-16-5-7-18(8-6-16)23(32)28-12-11-17-9-10-19(25)13-20(17)26/h5-10,13-14H,3-4,11-12,15H2,1-2H3,(H,28,32). The van der Waals surface area contributed by atoms with Crippen molar-refractivity contribution in [1.82, 2.24) is 15.3 Å². The Hall–Kier alpha value is -1.99. The molecule has 1 amide bonds. The Morgan fingerprint density at radius 3 is 2.39 bits per heavy atom. The van der Waals surface area contributed by atoms with Gasteiger partial charge in [0.1, 0.15) is 11.0 Å². The lowest BCUT2D eigenvalue weighted by atomic mass is 10.1. The molecule has 0 spiro atoms. The maximum atomic E-state index is 12.5. The number of hydrogen-bond acceptors (Lipinski definition) is 5. The summed E-state index contributed by atoms with van der Waals surface area (Å²) in [7, 11) is 0. The third kappa shape index (κ3) is 7.51. The topological polar surface area (TPSA) is 58.1 Å².